The molecule has 14 rings (SSSR count). The van der Waals surface area contributed by atoms with Crippen molar-refractivity contribution in [2.24, 2.45) is 0 Å². The number of aromatic nitrogens is 3. The Kier molecular flexibility index (Phi) is 9.03. The first-order valence-corrected chi connectivity index (χ1v) is 23.5. The van der Waals surface area contributed by atoms with Gasteiger partial charge in [-0.3, -0.25) is 4.57 Å². The largest absolute Gasteiger partial charge is 0.436 e. The Morgan fingerprint density at radius 2 is 0.629 bits per heavy atom. The zero-order valence-corrected chi connectivity index (χ0v) is 37.7. The third-order valence-electron chi connectivity index (χ3n) is 13.4. The summed E-state index contributed by atoms with van der Waals surface area (Å²) >= 11 is 0. The lowest BCUT2D eigenvalue weighted by Crippen LogP contribution is -2.23. The third kappa shape index (κ3) is 6.31. The van der Waals surface area contributed by atoms with Gasteiger partial charge in [-0.15, -0.1) is 0 Å². The van der Waals surface area contributed by atoms with E-state index in [1.807, 2.05) is 12.1 Å². The molecule has 0 bridgehead atoms. The van der Waals surface area contributed by atoms with E-state index < -0.39 is 0 Å². The second-order valence-corrected chi connectivity index (χ2v) is 17.5. The number of anilines is 12. The van der Waals surface area contributed by atoms with Gasteiger partial charge in [-0.2, -0.15) is 0 Å². The molecule has 0 radical (unpaired) electrons. The molecule has 4 heterocycles. The van der Waals surface area contributed by atoms with E-state index in [0.29, 0.717) is 11.5 Å². The quantitative estimate of drug-likeness (QED) is 0.158. The van der Waals surface area contributed by atoms with Gasteiger partial charge in [0.25, 0.3) is 0 Å². The fourth-order valence-corrected chi connectivity index (χ4v) is 10.3. The summed E-state index contributed by atoms with van der Waals surface area (Å²) in [6.45, 7) is 0. The fourth-order valence-electron chi connectivity index (χ4n) is 10.3. The molecule has 10 aromatic carbocycles. The lowest BCUT2D eigenvalue weighted by molar-refractivity contribution is 0.620. The van der Waals surface area contributed by atoms with Crippen LogP contribution in [0.25, 0.3) is 50.7 Å². The molecule has 2 aliphatic heterocycles. The van der Waals surface area contributed by atoms with Crippen LogP contribution in [-0.4, -0.2) is 14.5 Å². The first-order chi connectivity index (χ1) is 34.7. The molecule has 0 aliphatic carbocycles. The van der Waals surface area contributed by atoms with Gasteiger partial charge < -0.3 is 24.0 Å². The summed E-state index contributed by atoms with van der Waals surface area (Å²) < 4.78 is 8.80. The van der Waals surface area contributed by atoms with E-state index in [-0.39, 0.29) is 0 Å². The predicted molar refractivity (Wildman–Crippen MR) is 285 cm³/mol. The summed E-state index contributed by atoms with van der Waals surface area (Å²) in [7, 11) is 0. The fraction of sp³-hybridized carbons (Fsp3) is 0. The van der Waals surface area contributed by atoms with Crippen molar-refractivity contribution in [1.82, 2.24) is 14.5 Å². The van der Waals surface area contributed by atoms with Crippen LogP contribution in [0.5, 0.6) is 0 Å². The van der Waals surface area contributed by atoms with E-state index in [1.165, 1.54) is 0 Å². The highest BCUT2D eigenvalue weighted by molar-refractivity contribution is 6.03. The van der Waals surface area contributed by atoms with E-state index >= 15 is 0 Å². The second-order valence-electron chi connectivity index (χ2n) is 17.5. The number of benzene rings is 10. The van der Waals surface area contributed by atoms with E-state index in [0.717, 1.165) is 107 Å². The SMILES string of the molecule is c1ccc(N2c3ccccc3N(c3ccc(-c4nc5cc6c(cc5o4)nc(-c4ccc(N5c7ccccc7N(c7ccccc7)c7ccccc75)cc4)n6-c4ccccc4)cc3)c3ccccc32)cc1. The van der Waals surface area contributed by atoms with Crippen LogP contribution < -0.4 is 19.6 Å². The molecule has 8 heteroatoms. The molecule has 0 spiro atoms. The van der Waals surface area contributed by atoms with Crippen LogP contribution in [0.2, 0.25) is 0 Å². The number of imidazole rings is 1. The van der Waals surface area contributed by atoms with Crippen LogP contribution in [0.3, 0.4) is 0 Å². The zero-order chi connectivity index (χ0) is 46.1. The Bertz CT molecular complexity index is 3810. The van der Waals surface area contributed by atoms with Crippen LogP contribution in [0.4, 0.5) is 68.2 Å². The smallest absolute Gasteiger partial charge is 0.227 e. The van der Waals surface area contributed by atoms with Gasteiger partial charge in [0.15, 0.2) is 5.58 Å². The summed E-state index contributed by atoms with van der Waals surface area (Å²) in [4.78, 5) is 19.8. The topological polar surface area (TPSA) is 56.8 Å². The van der Waals surface area contributed by atoms with Gasteiger partial charge in [0, 0.05) is 45.6 Å². The number of oxazole rings is 1. The van der Waals surface area contributed by atoms with Crippen molar-refractivity contribution < 1.29 is 4.42 Å². The molecular weight excluding hydrogens is 859 g/mol. The highest BCUT2D eigenvalue weighted by Crippen LogP contribution is 2.55. The van der Waals surface area contributed by atoms with E-state index in [4.69, 9.17) is 14.4 Å². The minimum absolute atomic E-state index is 0.554. The lowest BCUT2D eigenvalue weighted by atomic mass is 10.0. The number of hydrogen-bond donors (Lipinski definition) is 0. The molecule has 0 atom stereocenters. The molecule has 2 aromatic heterocycles. The van der Waals surface area contributed by atoms with Crippen LogP contribution in [0, 0.1) is 0 Å². The summed E-state index contributed by atoms with van der Waals surface area (Å²) in [5, 5.41) is 0. The molecule has 0 unspecified atom stereocenters. The van der Waals surface area contributed by atoms with E-state index in [9.17, 15) is 0 Å². The molecule has 12 aromatic rings. The summed E-state index contributed by atoms with van der Waals surface area (Å²) in [6, 6.07) is 87.2. The lowest BCUT2D eigenvalue weighted by Gasteiger charge is -2.40. The molecule has 0 saturated heterocycles. The molecule has 2 aliphatic rings. The summed E-state index contributed by atoms with van der Waals surface area (Å²) in [5.74, 6) is 1.39. The standard InChI is InChI=1S/C62H41N7O/c1-4-18-44(19-5-1)65-51-24-10-14-28-55(51)67(56-29-15-11-25-52(56)65)47-36-32-42(33-37-47)61-63-49-41-60-50(40-59(49)69(61)46-22-8-3-9-23-46)64-62(70-60)43-34-38-48(39-35-43)68-57-30-16-12-26-53(57)66(45-20-6-2-7-21-45)54-27-13-17-31-58(54)68/h1-41H. The zero-order valence-electron chi connectivity index (χ0n) is 37.7. The van der Waals surface area contributed by atoms with Crippen molar-refractivity contribution in [1.29, 1.82) is 0 Å². The van der Waals surface area contributed by atoms with Crippen molar-refractivity contribution >= 4 is 90.4 Å². The monoisotopic (exact) mass is 899 g/mol. The summed E-state index contributed by atoms with van der Waals surface area (Å²) in [5.41, 5.74) is 19.3. The normalized spacial score (nSPS) is 12.7. The molecule has 0 amide bonds. The maximum atomic E-state index is 6.57. The second kappa shape index (κ2) is 16.0. The first-order valence-electron chi connectivity index (χ1n) is 23.5. The minimum Gasteiger partial charge on any atom is -0.436 e. The molecule has 70 heavy (non-hydrogen) atoms. The maximum Gasteiger partial charge on any atom is 0.227 e. The molecule has 8 nitrogen and oxygen atoms in total. The summed E-state index contributed by atoms with van der Waals surface area (Å²) in [6.07, 6.45) is 0. The van der Waals surface area contributed by atoms with Crippen molar-refractivity contribution in [3.8, 4) is 28.5 Å². The van der Waals surface area contributed by atoms with Gasteiger partial charge >= 0.3 is 0 Å². The molecule has 0 saturated carbocycles. The third-order valence-corrected chi connectivity index (χ3v) is 13.4. The van der Waals surface area contributed by atoms with Crippen molar-refractivity contribution in [2.75, 3.05) is 19.6 Å². The number of rotatable bonds is 7. The Hall–Kier alpha value is -9.66. The van der Waals surface area contributed by atoms with Gasteiger partial charge in [-0.05, 0) is 140 Å². The average molecular weight is 900 g/mol. The van der Waals surface area contributed by atoms with Gasteiger partial charge in [0.2, 0.25) is 5.89 Å². The van der Waals surface area contributed by atoms with Gasteiger partial charge in [0.05, 0.1) is 56.5 Å². The maximum absolute atomic E-state index is 6.57. The van der Waals surface area contributed by atoms with Crippen LogP contribution in [0.15, 0.2) is 253 Å². The van der Waals surface area contributed by atoms with Gasteiger partial charge in [0.1, 0.15) is 11.3 Å². The molecule has 0 N–H and O–H groups in total. The molecule has 0 fully saturated rings. The Labute approximate surface area is 404 Å². The number of nitrogens with zero attached hydrogens (tertiary/aromatic N) is 7. The minimum atomic E-state index is 0.554. The van der Waals surface area contributed by atoms with Crippen molar-refractivity contribution in [3.05, 3.63) is 249 Å². The Morgan fingerprint density at radius 1 is 0.286 bits per heavy atom. The van der Waals surface area contributed by atoms with Crippen LogP contribution in [0.1, 0.15) is 0 Å². The van der Waals surface area contributed by atoms with E-state index in [2.05, 4.69) is 261 Å². The number of fused-ring (bicyclic) bond motifs is 6. The Balaban J connectivity index is 0.814. The molecule has 330 valence electrons. The number of hydrogen-bond acceptors (Lipinski definition) is 7. The molecular formula is C62H41N7O. The highest BCUT2D eigenvalue weighted by Gasteiger charge is 2.32. The van der Waals surface area contributed by atoms with Crippen molar-refractivity contribution in [3.63, 3.8) is 0 Å². The number of para-hydroxylation sites is 11. The van der Waals surface area contributed by atoms with E-state index in [1.54, 1.807) is 0 Å². The predicted octanol–water partition coefficient (Wildman–Crippen LogP) is 17.0. The average Bonchev–Trinajstić information content (AvgIpc) is 4.03. The van der Waals surface area contributed by atoms with Gasteiger partial charge in [-0.1, -0.05) is 103 Å². The van der Waals surface area contributed by atoms with Crippen LogP contribution in [-0.2, 0) is 0 Å². The Morgan fingerprint density at radius 3 is 1.03 bits per heavy atom. The van der Waals surface area contributed by atoms with Crippen molar-refractivity contribution in [2.45, 2.75) is 0 Å². The first kappa shape index (κ1) is 39.5. The highest BCUT2D eigenvalue weighted by atomic mass is 16.3. The van der Waals surface area contributed by atoms with Gasteiger partial charge in [-0.25, -0.2) is 9.97 Å². The van der Waals surface area contributed by atoms with Crippen LogP contribution >= 0.6 is 0 Å².